The van der Waals surface area contributed by atoms with Gasteiger partial charge in [-0.3, -0.25) is 0 Å². The molecule has 0 aromatic rings. The van der Waals surface area contributed by atoms with E-state index in [1.54, 1.807) is 0 Å². The molecule has 0 rings (SSSR count). The summed E-state index contributed by atoms with van der Waals surface area (Å²) < 4.78 is 0. The Morgan fingerprint density at radius 2 is 2.00 bits per heavy atom. The number of rotatable bonds is 0. The molecule has 0 fully saturated rings. The summed E-state index contributed by atoms with van der Waals surface area (Å²) in [6.45, 7) is 0. The van der Waals surface area contributed by atoms with Crippen molar-refractivity contribution in [3.8, 4) is 0 Å². The third kappa shape index (κ3) is 42.1. The molecule has 5 heavy (non-hydrogen) atoms. The average molecular weight is 86.1 g/mol. The van der Waals surface area contributed by atoms with E-state index in [1.165, 1.54) is 0 Å². The van der Waals surface area contributed by atoms with Crippen molar-refractivity contribution >= 4 is 17.0 Å². The molecule has 0 saturated heterocycles. The molecule has 0 bridgehead atoms. The minimum Gasteiger partial charge on any atom is -0.312 e. The highest BCUT2D eigenvalue weighted by atomic mass is 28.1. The normalized spacial score (nSPS) is 3.20. The fourth-order valence-corrected chi connectivity index (χ4v) is 0. The maximum atomic E-state index is 8.76. The van der Waals surface area contributed by atoms with Crippen LogP contribution in [-0.2, 0) is 4.79 Å². The second-order valence-electron chi connectivity index (χ2n) is 0.220. The zero-order chi connectivity index (χ0) is 3.41. The van der Waals surface area contributed by atoms with Crippen LogP contribution in [-0.4, -0.2) is 17.0 Å². The molecule has 0 saturated carbocycles. The van der Waals surface area contributed by atoms with Gasteiger partial charge >= 0.3 is 0 Å². The highest BCUT2D eigenvalue weighted by molar-refractivity contribution is 5.75. The van der Waals surface area contributed by atoms with Crippen LogP contribution in [0, 0.1) is 0 Å². The van der Waals surface area contributed by atoms with E-state index >= 15 is 0 Å². The van der Waals surface area contributed by atoms with Crippen molar-refractivity contribution in [1.82, 2.24) is 0 Å². The first-order chi connectivity index (χ1) is 1.91. The van der Waals surface area contributed by atoms with Crippen molar-refractivity contribution in [2.75, 3.05) is 0 Å². The van der Waals surface area contributed by atoms with Gasteiger partial charge in [0.1, 0.15) is 0 Å². The molecule has 4 heteroatoms. The molecule has 0 aliphatic heterocycles. The summed E-state index contributed by atoms with van der Waals surface area (Å²) in [5.41, 5.74) is 0. The number of nitrogens with zero attached hydrogens (tertiary/aromatic N) is 1. The van der Waals surface area contributed by atoms with E-state index in [0.29, 0.717) is 0 Å². The molecule has 0 heterocycles. The second-order valence-corrected chi connectivity index (χ2v) is 0.220. The molecule has 0 aliphatic rings. The summed E-state index contributed by atoms with van der Waals surface area (Å²) in [6.07, 6.45) is 1.08. The minimum atomic E-state index is 0. The number of hydrogen-bond donors (Lipinski definition) is 1. The standard InChI is InChI=1S/CH2N2O.Si/c2-3-1-4;/h2H2;. The van der Waals surface area contributed by atoms with E-state index in [2.05, 4.69) is 10.9 Å². The summed E-state index contributed by atoms with van der Waals surface area (Å²) in [6, 6.07) is 0. The van der Waals surface area contributed by atoms with Crippen molar-refractivity contribution in [2.45, 2.75) is 0 Å². The van der Waals surface area contributed by atoms with Crippen molar-refractivity contribution in [3.05, 3.63) is 0 Å². The van der Waals surface area contributed by atoms with Gasteiger partial charge in [0.15, 0.2) is 0 Å². The van der Waals surface area contributed by atoms with Gasteiger partial charge in [0.05, 0.1) is 0 Å². The van der Waals surface area contributed by atoms with Gasteiger partial charge in [-0.15, -0.1) is 0 Å². The Kier molecular flexibility index (Phi) is 17.7. The zero-order valence-electron chi connectivity index (χ0n) is 2.43. The Bertz CT molecular complexity index is 47.6. The highest BCUT2D eigenvalue weighted by Gasteiger charge is 1.27. The lowest BCUT2D eigenvalue weighted by Gasteiger charge is -1.41. The third-order valence-corrected chi connectivity index (χ3v) is 0.0527. The van der Waals surface area contributed by atoms with Crippen molar-refractivity contribution in [3.63, 3.8) is 0 Å². The Hall–Kier alpha value is -0.603. The van der Waals surface area contributed by atoms with Gasteiger partial charge in [-0.05, 0) is 0 Å². The Balaban J connectivity index is 0. The van der Waals surface area contributed by atoms with Gasteiger partial charge in [-0.2, -0.15) is 0 Å². The molecule has 26 valence electrons. The Morgan fingerprint density at radius 3 is 2.00 bits per heavy atom. The first-order valence-electron chi connectivity index (χ1n) is 0.686. The fraction of sp³-hybridized carbons (Fsp3) is 0. The van der Waals surface area contributed by atoms with Gasteiger partial charge in [0, 0.05) is 11.0 Å². The molecule has 0 unspecified atom stereocenters. The molecule has 0 aromatic heterocycles. The SMILES string of the molecule is NN=C=O.[Si]. The average Bonchev–Trinajstić information content (AvgIpc) is 1.37. The van der Waals surface area contributed by atoms with Gasteiger partial charge < -0.3 is 5.84 Å². The molecule has 4 radical (unpaired) electrons. The van der Waals surface area contributed by atoms with Crippen molar-refractivity contribution < 1.29 is 4.79 Å². The van der Waals surface area contributed by atoms with Gasteiger partial charge in [0.25, 0.3) is 6.08 Å². The van der Waals surface area contributed by atoms with Gasteiger partial charge in [-0.1, -0.05) is 5.10 Å². The van der Waals surface area contributed by atoms with Crippen LogP contribution >= 0.6 is 0 Å². The molecular formula is CH2N2OSi. The van der Waals surface area contributed by atoms with Crippen LogP contribution in [0.15, 0.2) is 5.10 Å². The topological polar surface area (TPSA) is 55.4 Å². The Morgan fingerprint density at radius 1 is 1.80 bits per heavy atom. The van der Waals surface area contributed by atoms with E-state index in [-0.39, 0.29) is 11.0 Å². The Labute approximate surface area is 33.9 Å². The monoisotopic (exact) mass is 86.0 g/mol. The highest BCUT2D eigenvalue weighted by Crippen LogP contribution is 1.14. The first kappa shape index (κ1) is 8.83. The molecule has 2 N–H and O–H groups in total. The maximum absolute atomic E-state index is 8.76. The number of nitrogens with two attached hydrogens (primary N) is 1. The van der Waals surface area contributed by atoms with Crippen LogP contribution in [0.3, 0.4) is 0 Å². The molecule has 0 aliphatic carbocycles. The molecule has 0 amide bonds. The lowest BCUT2D eigenvalue weighted by Crippen LogP contribution is -1.71. The molecule has 0 atom stereocenters. The lowest BCUT2D eigenvalue weighted by molar-refractivity contribution is 0.563. The van der Waals surface area contributed by atoms with E-state index < -0.39 is 0 Å². The van der Waals surface area contributed by atoms with Crippen LogP contribution in [0.5, 0.6) is 0 Å². The van der Waals surface area contributed by atoms with Gasteiger partial charge in [0.2, 0.25) is 0 Å². The van der Waals surface area contributed by atoms with E-state index in [1.807, 2.05) is 0 Å². The molecule has 0 aromatic carbocycles. The van der Waals surface area contributed by atoms with E-state index in [4.69, 9.17) is 4.79 Å². The fourth-order valence-electron chi connectivity index (χ4n) is 0. The summed E-state index contributed by atoms with van der Waals surface area (Å²) in [4.78, 5) is 8.76. The molecular weight excluding hydrogens is 84.1 g/mol. The van der Waals surface area contributed by atoms with Crippen LogP contribution < -0.4 is 5.84 Å². The second kappa shape index (κ2) is 10.0. The number of isocyanates is 1. The predicted octanol–water partition coefficient (Wildman–Crippen LogP) is -1.18. The largest absolute Gasteiger partial charge is 0.312 e. The van der Waals surface area contributed by atoms with Crippen LogP contribution in [0.2, 0.25) is 0 Å². The zero-order valence-corrected chi connectivity index (χ0v) is 3.43. The van der Waals surface area contributed by atoms with Crippen molar-refractivity contribution in [1.29, 1.82) is 0 Å². The smallest absolute Gasteiger partial charge is 0.257 e. The van der Waals surface area contributed by atoms with E-state index in [9.17, 15) is 0 Å². The molecule has 0 spiro atoms. The van der Waals surface area contributed by atoms with Crippen molar-refractivity contribution in [2.24, 2.45) is 10.9 Å². The summed E-state index contributed by atoms with van der Waals surface area (Å²) in [5.74, 6) is 4.23. The van der Waals surface area contributed by atoms with E-state index in [0.717, 1.165) is 6.08 Å². The number of hydrogen-bond acceptors (Lipinski definition) is 3. The van der Waals surface area contributed by atoms with Crippen LogP contribution in [0.1, 0.15) is 0 Å². The number of hydrazone groups is 1. The minimum absolute atomic E-state index is 0. The maximum Gasteiger partial charge on any atom is 0.257 e. The quantitative estimate of drug-likeness (QED) is 0.132. The number of carbonyl (C=O) groups excluding carboxylic acids is 1. The first-order valence-corrected chi connectivity index (χ1v) is 0.686. The summed E-state index contributed by atoms with van der Waals surface area (Å²) in [5, 5.41) is 2.43. The van der Waals surface area contributed by atoms with Gasteiger partial charge in [-0.25, -0.2) is 4.79 Å². The summed E-state index contributed by atoms with van der Waals surface area (Å²) >= 11 is 0. The van der Waals surface area contributed by atoms with Crippen LogP contribution in [0.25, 0.3) is 0 Å². The third-order valence-electron chi connectivity index (χ3n) is 0.0527. The summed E-state index contributed by atoms with van der Waals surface area (Å²) in [7, 11) is 0. The lowest BCUT2D eigenvalue weighted by atomic mass is 11.6. The molecule has 3 nitrogen and oxygen atoms in total. The predicted molar refractivity (Wildman–Crippen MR) is 18.1 cm³/mol. The van der Waals surface area contributed by atoms with Crippen LogP contribution in [0.4, 0.5) is 0 Å².